The Bertz CT molecular complexity index is 671. The number of hydrogen-bond acceptors (Lipinski definition) is 2. The Labute approximate surface area is 106 Å². The molecule has 19 heavy (non-hydrogen) atoms. The summed E-state index contributed by atoms with van der Waals surface area (Å²) in [5.41, 5.74) is -0.381. The van der Waals surface area contributed by atoms with Crippen LogP contribution in [0.2, 0.25) is 0 Å². The van der Waals surface area contributed by atoms with Crippen LogP contribution in [0.5, 0.6) is 5.75 Å². The summed E-state index contributed by atoms with van der Waals surface area (Å²) in [4.78, 5) is 11.9. The third-order valence-corrected chi connectivity index (χ3v) is 2.92. The van der Waals surface area contributed by atoms with Crippen LogP contribution in [0.3, 0.4) is 0 Å². The molecule has 2 nitrogen and oxygen atoms in total. The highest BCUT2D eigenvalue weighted by Crippen LogP contribution is 2.34. The minimum absolute atomic E-state index is 0.0278. The average molecular weight is 264 g/mol. The number of rotatable bonds is 0. The lowest BCUT2D eigenvalue weighted by Gasteiger charge is -2.19. The van der Waals surface area contributed by atoms with Crippen LogP contribution >= 0.6 is 0 Å². The Morgan fingerprint density at radius 3 is 2.68 bits per heavy atom. The van der Waals surface area contributed by atoms with E-state index in [0.29, 0.717) is 6.08 Å². The lowest BCUT2D eigenvalue weighted by atomic mass is 10.0. The first-order chi connectivity index (χ1) is 9.06. The summed E-state index contributed by atoms with van der Waals surface area (Å²) >= 11 is 0. The van der Waals surface area contributed by atoms with E-state index >= 15 is 0 Å². The average Bonchev–Trinajstić information content (AvgIpc) is 2.47. The Balaban J connectivity index is 2.18. The van der Waals surface area contributed by atoms with E-state index in [1.54, 1.807) is 0 Å². The van der Waals surface area contributed by atoms with Gasteiger partial charge in [0.25, 0.3) is 0 Å². The molecule has 0 saturated carbocycles. The molecule has 96 valence electrons. The van der Waals surface area contributed by atoms with Gasteiger partial charge in [0.05, 0.1) is 5.56 Å². The zero-order valence-corrected chi connectivity index (χ0v) is 9.49. The highest BCUT2D eigenvalue weighted by atomic mass is 19.1. The first-order valence-corrected chi connectivity index (χ1v) is 5.52. The van der Waals surface area contributed by atoms with Gasteiger partial charge in [-0.25, -0.2) is 13.2 Å². The van der Waals surface area contributed by atoms with Crippen LogP contribution in [0.25, 0.3) is 0 Å². The maximum Gasteiger partial charge on any atom is 0.193 e. The Kier molecular flexibility index (Phi) is 2.55. The summed E-state index contributed by atoms with van der Waals surface area (Å²) in [5.74, 6) is -3.18. The number of halogens is 3. The molecule has 0 amide bonds. The first kappa shape index (κ1) is 11.8. The van der Waals surface area contributed by atoms with Crippen molar-refractivity contribution >= 4 is 5.78 Å². The number of fused-ring (bicyclic) bond motifs is 2. The lowest BCUT2D eigenvalue weighted by molar-refractivity contribution is 0.104. The molecule has 0 N–H and O–H groups in total. The number of ether oxygens (including phenoxy) is 1. The Morgan fingerprint density at radius 2 is 1.89 bits per heavy atom. The van der Waals surface area contributed by atoms with Crippen molar-refractivity contribution in [2.45, 2.75) is 6.10 Å². The third kappa shape index (κ3) is 1.87. The second-order valence-corrected chi connectivity index (χ2v) is 4.16. The standard InChI is InChI=1S/C14H7F3O2/c15-7-4-10(17)8-6-11(18)14-9(16)2-1-3-12(14)19-13(8)5-7/h1-6,13H. The quantitative estimate of drug-likeness (QED) is 0.717. The fourth-order valence-corrected chi connectivity index (χ4v) is 2.06. The molecule has 2 aliphatic rings. The normalized spacial score (nSPS) is 21.3. The number of carbonyl (C=O) groups excluding carboxylic acids is 1. The fourth-order valence-electron chi connectivity index (χ4n) is 2.06. The van der Waals surface area contributed by atoms with Gasteiger partial charge >= 0.3 is 0 Å². The van der Waals surface area contributed by atoms with Gasteiger partial charge in [-0.3, -0.25) is 4.79 Å². The van der Waals surface area contributed by atoms with Gasteiger partial charge in [-0.05, 0) is 24.3 Å². The van der Waals surface area contributed by atoms with Gasteiger partial charge < -0.3 is 4.74 Å². The topological polar surface area (TPSA) is 26.3 Å². The predicted octanol–water partition coefficient (Wildman–Crippen LogP) is 3.42. The van der Waals surface area contributed by atoms with E-state index in [-0.39, 0.29) is 16.9 Å². The minimum atomic E-state index is -1.07. The van der Waals surface area contributed by atoms with Crippen molar-refractivity contribution in [3.8, 4) is 5.75 Å². The monoisotopic (exact) mass is 264 g/mol. The molecule has 1 unspecified atom stereocenters. The highest BCUT2D eigenvalue weighted by molar-refractivity contribution is 6.08. The lowest BCUT2D eigenvalue weighted by Crippen LogP contribution is -2.19. The number of carbonyl (C=O) groups is 1. The van der Waals surface area contributed by atoms with Crippen LogP contribution < -0.4 is 4.74 Å². The van der Waals surface area contributed by atoms with E-state index in [1.165, 1.54) is 12.1 Å². The van der Waals surface area contributed by atoms with E-state index < -0.39 is 29.4 Å². The van der Waals surface area contributed by atoms with Crippen molar-refractivity contribution in [1.29, 1.82) is 0 Å². The van der Waals surface area contributed by atoms with Crippen LogP contribution in [-0.2, 0) is 0 Å². The Hall–Kier alpha value is -2.30. The van der Waals surface area contributed by atoms with Crippen LogP contribution in [0, 0.1) is 5.82 Å². The van der Waals surface area contributed by atoms with Gasteiger partial charge in [-0.1, -0.05) is 6.07 Å². The Morgan fingerprint density at radius 1 is 1.11 bits per heavy atom. The summed E-state index contributed by atoms with van der Waals surface area (Å²) < 4.78 is 45.8. The maximum absolute atomic E-state index is 13.6. The molecule has 0 saturated heterocycles. The summed E-state index contributed by atoms with van der Waals surface area (Å²) in [6.45, 7) is 0. The van der Waals surface area contributed by atoms with Gasteiger partial charge in [0.15, 0.2) is 5.78 Å². The number of allylic oxidation sites excluding steroid dienone is 3. The van der Waals surface area contributed by atoms with Crippen LogP contribution in [0.4, 0.5) is 13.2 Å². The van der Waals surface area contributed by atoms with Gasteiger partial charge in [-0.2, -0.15) is 0 Å². The molecule has 1 aliphatic heterocycles. The van der Waals surface area contributed by atoms with Gasteiger partial charge in [0.2, 0.25) is 0 Å². The molecule has 0 bridgehead atoms. The number of benzene rings is 1. The molecule has 3 rings (SSSR count). The van der Waals surface area contributed by atoms with E-state index in [2.05, 4.69) is 0 Å². The largest absolute Gasteiger partial charge is 0.481 e. The molecule has 1 aromatic rings. The molecule has 1 aliphatic carbocycles. The fraction of sp³-hybridized carbons (Fsp3) is 0.0714. The predicted molar refractivity (Wildman–Crippen MR) is 61.6 cm³/mol. The molecular formula is C14H7F3O2. The van der Waals surface area contributed by atoms with Crippen molar-refractivity contribution in [1.82, 2.24) is 0 Å². The highest BCUT2D eigenvalue weighted by Gasteiger charge is 2.30. The zero-order chi connectivity index (χ0) is 13.6. The molecule has 0 spiro atoms. The van der Waals surface area contributed by atoms with Crippen molar-refractivity contribution in [3.05, 3.63) is 65.0 Å². The number of ketones is 1. The van der Waals surface area contributed by atoms with E-state index in [0.717, 1.165) is 18.2 Å². The summed E-state index contributed by atoms with van der Waals surface area (Å²) in [7, 11) is 0. The van der Waals surface area contributed by atoms with Crippen LogP contribution in [0.15, 0.2) is 53.7 Å². The molecule has 1 heterocycles. The smallest absolute Gasteiger partial charge is 0.193 e. The number of hydrogen-bond donors (Lipinski definition) is 0. The molecule has 1 atom stereocenters. The second-order valence-electron chi connectivity index (χ2n) is 4.16. The summed E-state index contributed by atoms with van der Waals surface area (Å²) in [5, 5.41) is 0. The third-order valence-electron chi connectivity index (χ3n) is 2.92. The SMILES string of the molecule is O=C1C=C2C(F)=CC(F)=CC2Oc2cccc(F)c21. The molecule has 1 aromatic carbocycles. The van der Waals surface area contributed by atoms with Gasteiger partial charge in [-0.15, -0.1) is 0 Å². The van der Waals surface area contributed by atoms with Gasteiger partial charge in [0, 0.05) is 11.6 Å². The molecule has 0 fully saturated rings. The van der Waals surface area contributed by atoms with Crippen LogP contribution in [-0.4, -0.2) is 11.9 Å². The summed E-state index contributed by atoms with van der Waals surface area (Å²) in [6.07, 6.45) is 1.55. The van der Waals surface area contributed by atoms with E-state index in [9.17, 15) is 18.0 Å². The van der Waals surface area contributed by atoms with E-state index in [4.69, 9.17) is 4.74 Å². The maximum atomic E-state index is 13.6. The van der Waals surface area contributed by atoms with Crippen molar-refractivity contribution in [2.24, 2.45) is 0 Å². The van der Waals surface area contributed by atoms with Crippen molar-refractivity contribution < 1.29 is 22.7 Å². The van der Waals surface area contributed by atoms with Crippen molar-refractivity contribution in [3.63, 3.8) is 0 Å². The van der Waals surface area contributed by atoms with Crippen molar-refractivity contribution in [2.75, 3.05) is 0 Å². The van der Waals surface area contributed by atoms with Crippen LogP contribution in [0.1, 0.15) is 10.4 Å². The molecule has 0 radical (unpaired) electrons. The zero-order valence-electron chi connectivity index (χ0n) is 9.49. The molecular weight excluding hydrogens is 257 g/mol. The van der Waals surface area contributed by atoms with Gasteiger partial charge in [0.1, 0.15) is 29.3 Å². The van der Waals surface area contributed by atoms with E-state index in [1.807, 2.05) is 0 Å². The minimum Gasteiger partial charge on any atom is -0.481 e. The second kappa shape index (κ2) is 4.12. The molecule has 0 aromatic heterocycles. The first-order valence-electron chi connectivity index (χ1n) is 5.52. The summed E-state index contributed by atoms with van der Waals surface area (Å²) in [6, 6.07) is 3.85. The molecule has 5 heteroatoms.